The Morgan fingerprint density at radius 3 is 2.59 bits per heavy atom. The third kappa shape index (κ3) is 7.27. The highest BCUT2D eigenvalue weighted by atomic mass is 32.1. The lowest BCUT2D eigenvalue weighted by Gasteiger charge is -2.20. The van der Waals surface area contributed by atoms with Gasteiger partial charge in [0.1, 0.15) is 0 Å². The van der Waals surface area contributed by atoms with E-state index in [4.69, 9.17) is 0 Å². The van der Waals surface area contributed by atoms with Gasteiger partial charge in [-0.15, -0.1) is 11.3 Å². The van der Waals surface area contributed by atoms with Crippen molar-refractivity contribution in [3.05, 3.63) is 21.9 Å². The smallest absolute Gasteiger partial charge is 0.191 e. The molecular formula is C17H32N4S. The quantitative estimate of drug-likeness (QED) is 0.417. The number of thiophene rings is 1. The van der Waals surface area contributed by atoms with Gasteiger partial charge in [0, 0.05) is 35.8 Å². The first-order chi connectivity index (χ1) is 10.6. The Hall–Kier alpha value is -1.07. The van der Waals surface area contributed by atoms with Crippen molar-refractivity contribution in [1.82, 2.24) is 15.5 Å². The largest absolute Gasteiger partial charge is 0.356 e. The maximum Gasteiger partial charge on any atom is 0.191 e. The first kappa shape index (κ1) is 19.0. The minimum Gasteiger partial charge on any atom is -0.356 e. The Kier molecular flexibility index (Phi) is 9.16. The molecule has 1 aromatic heterocycles. The van der Waals surface area contributed by atoms with Gasteiger partial charge in [0.05, 0.1) is 0 Å². The molecule has 0 saturated carbocycles. The zero-order chi connectivity index (χ0) is 16.4. The van der Waals surface area contributed by atoms with E-state index in [9.17, 15) is 0 Å². The number of nitrogens with one attached hydrogen (secondary N) is 2. The minimum absolute atomic E-state index is 0.382. The van der Waals surface area contributed by atoms with Crippen molar-refractivity contribution in [3.63, 3.8) is 0 Å². The van der Waals surface area contributed by atoms with Crippen molar-refractivity contribution in [2.45, 2.75) is 46.6 Å². The number of aryl methyl sites for hydroxylation is 1. The van der Waals surface area contributed by atoms with Crippen molar-refractivity contribution in [3.8, 4) is 0 Å². The molecule has 0 aliphatic heterocycles. The first-order valence-electron chi connectivity index (χ1n) is 8.33. The third-order valence-electron chi connectivity index (χ3n) is 3.75. The average molecular weight is 325 g/mol. The molecule has 0 bridgehead atoms. The highest BCUT2D eigenvalue weighted by molar-refractivity contribution is 7.11. The molecule has 4 nitrogen and oxygen atoms in total. The number of nitrogens with zero attached hydrogens (tertiary/aromatic N) is 2. The molecule has 126 valence electrons. The van der Waals surface area contributed by atoms with E-state index >= 15 is 0 Å². The van der Waals surface area contributed by atoms with Gasteiger partial charge in [0.2, 0.25) is 0 Å². The topological polar surface area (TPSA) is 39.7 Å². The Morgan fingerprint density at radius 2 is 2.05 bits per heavy atom. The van der Waals surface area contributed by atoms with E-state index in [1.165, 1.54) is 9.75 Å². The van der Waals surface area contributed by atoms with Crippen LogP contribution in [0.1, 0.15) is 36.9 Å². The summed E-state index contributed by atoms with van der Waals surface area (Å²) < 4.78 is 0. The van der Waals surface area contributed by atoms with E-state index in [2.05, 4.69) is 60.4 Å². The van der Waals surface area contributed by atoms with E-state index in [0.29, 0.717) is 6.04 Å². The van der Waals surface area contributed by atoms with Crippen molar-refractivity contribution in [1.29, 1.82) is 0 Å². The molecule has 22 heavy (non-hydrogen) atoms. The molecule has 1 rings (SSSR count). The first-order valence-corrected chi connectivity index (χ1v) is 9.15. The van der Waals surface area contributed by atoms with Crippen molar-refractivity contribution >= 4 is 17.3 Å². The van der Waals surface area contributed by atoms with Crippen LogP contribution < -0.4 is 10.6 Å². The molecule has 0 saturated heterocycles. The van der Waals surface area contributed by atoms with E-state index in [1.54, 1.807) is 0 Å². The van der Waals surface area contributed by atoms with Crippen LogP contribution in [0.5, 0.6) is 0 Å². The highest BCUT2D eigenvalue weighted by Crippen LogP contribution is 2.16. The summed E-state index contributed by atoms with van der Waals surface area (Å²) in [6, 6.07) is 4.79. The van der Waals surface area contributed by atoms with Gasteiger partial charge in [-0.3, -0.25) is 4.99 Å². The average Bonchev–Trinajstić information content (AvgIpc) is 2.91. The number of aliphatic imine (C=N–C) groups is 1. The molecule has 1 aromatic rings. The van der Waals surface area contributed by atoms with Gasteiger partial charge in [0.25, 0.3) is 0 Å². The van der Waals surface area contributed by atoms with Crippen LogP contribution in [-0.2, 0) is 6.42 Å². The van der Waals surface area contributed by atoms with Gasteiger partial charge in [-0.1, -0.05) is 13.8 Å². The molecule has 0 amide bonds. The lowest BCUT2D eigenvalue weighted by Crippen LogP contribution is -2.43. The second-order valence-electron chi connectivity index (χ2n) is 5.64. The molecule has 0 fully saturated rings. The molecule has 0 aromatic carbocycles. The van der Waals surface area contributed by atoms with Gasteiger partial charge in [0.15, 0.2) is 5.96 Å². The monoisotopic (exact) mass is 324 g/mol. The van der Waals surface area contributed by atoms with E-state index in [1.807, 2.05) is 18.4 Å². The number of guanidine groups is 1. The summed E-state index contributed by atoms with van der Waals surface area (Å²) in [4.78, 5) is 9.56. The van der Waals surface area contributed by atoms with Crippen LogP contribution in [-0.4, -0.2) is 50.1 Å². The van der Waals surface area contributed by atoms with Crippen LogP contribution in [0.2, 0.25) is 0 Å². The second kappa shape index (κ2) is 10.6. The zero-order valence-electron chi connectivity index (χ0n) is 14.8. The van der Waals surface area contributed by atoms with E-state index in [0.717, 1.165) is 45.0 Å². The molecule has 5 heteroatoms. The van der Waals surface area contributed by atoms with Crippen LogP contribution in [0.25, 0.3) is 0 Å². The Balaban J connectivity index is 2.26. The fourth-order valence-corrected chi connectivity index (χ4v) is 3.44. The van der Waals surface area contributed by atoms with Gasteiger partial charge in [-0.2, -0.15) is 0 Å². The molecular weight excluding hydrogens is 292 g/mol. The summed E-state index contributed by atoms with van der Waals surface area (Å²) in [6.07, 6.45) is 2.18. The van der Waals surface area contributed by atoms with Gasteiger partial charge in [-0.25, -0.2) is 0 Å². The maximum atomic E-state index is 4.32. The van der Waals surface area contributed by atoms with Crippen molar-refractivity contribution in [2.75, 3.05) is 33.2 Å². The molecule has 0 radical (unpaired) electrons. The number of hydrogen-bond acceptors (Lipinski definition) is 3. The van der Waals surface area contributed by atoms with Crippen LogP contribution in [0.4, 0.5) is 0 Å². The fourth-order valence-electron chi connectivity index (χ4n) is 2.42. The third-order valence-corrected chi connectivity index (χ3v) is 4.77. The normalized spacial score (nSPS) is 13.5. The van der Waals surface area contributed by atoms with Crippen LogP contribution in [0, 0.1) is 6.92 Å². The maximum absolute atomic E-state index is 4.32. The zero-order valence-corrected chi connectivity index (χ0v) is 15.6. The van der Waals surface area contributed by atoms with Crippen LogP contribution in [0.15, 0.2) is 17.1 Å². The number of hydrogen-bond donors (Lipinski definition) is 2. The number of rotatable bonds is 9. The molecule has 0 spiro atoms. The summed E-state index contributed by atoms with van der Waals surface area (Å²) in [5, 5.41) is 6.88. The summed E-state index contributed by atoms with van der Waals surface area (Å²) in [7, 11) is 1.84. The Morgan fingerprint density at radius 1 is 1.32 bits per heavy atom. The van der Waals surface area contributed by atoms with Gasteiger partial charge < -0.3 is 15.5 Å². The van der Waals surface area contributed by atoms with Gasteiger partial charge in [-0.05, 0) is 52.0 Å². The highest BCUT2D eigenvalue weighted by Gasteiger charge is 2.07. The molecule has 2 N–H and O–H groups in total. The summed E-state index contributed by atoms with van der Waals surface area (Å²) in [5.74, 6) is 0.903. The van der Waals surface area contributed by atoms with Crippen molar-refractivity contribution in [2.24, 2.45) is 4.99 Å². The van der Waals surface area contributed by atoms with E-state index in [-0.39, 0.29) is 0 Å². The predicted octanol–water partition coefficient (Wildman–Crippen LogP) is 2.88. The molecule has 1 atom stereocenters. The molecule has 1 heterocycles. The van der Waals surface area contributed by atoms with Crippen molar-refractivity contribution < 1.29 is 0 Å². The second-order valence-corrected chi connectivity index (χ2v) is 7.01. The summed E-state index contributed by atoms with van der Waals surface area (Å²) in [6.45, 7) is 13.1. The lowest BCUT2D eigenvalue weighted by molar-refractivity contribution is 0.300. The molecule has 0 aliphatic carbocycles. The lowest BCUT2D eigenvalue weighted by atomic mass is 10.2. The molecule has 1 unspecified atom stereocenters. The SMILES string of the molecule is CCN(CC)CCCNC(=NC)NC(C)Cc1ccc(C)s1. The Labute approximate surface area is 140 Å². The molecule has 0 aliphatic rings. The summed E-state index contributed by atoms with van der Waals surface area (Å²) >= 11 is 1.87. The summed E-state index contributed by atoms with van der Waals surface area (Å²) in [5.41, 5.74) is 0. The Bertz CT molecular complexity index is 438. The van der Waals surface area contributed by atoms with Crippen LogP contribution in [0.3, 0.4) is 0 Å². The van der Waals surface area contributed by atoms with Crippen LogP contribution >= 0.6 is 11.3 Å². The van der Waals surface area contributed by atoms with Gasteiger partial charge >= 0.3 is 0 Å². The predicted molar refractivity (Wildman–Crippen MR) is 99.1 cm³/mol. The van der Waals surface area contributed by atoms with E-state index < -0.39 is 0 Å². The standard InChI is InChI=1S/C17H32N4S/c1-6-21(7-2)12-8-11-19-17(18-5)20-14(3)13-16-10-9-15(4)22-16/h9-10,14H,6-8,11-13H2,1-5H3,(H2,18,19,20). The fraction of sp³-hybridized carbons (Fsp3) is 0.706. The minimum atomic E-state index is 0.382.